The fourth-order valence-electron chi connectivity index (χ4n) is 5.35. The lowest BCUT2D eigenvalue weighted by atomic mass is 9.95. The molecule has 190 valence electrons. The molecule has 0 saturated heterocycles. The minimum absolute atomic E-state index is 0.0926. The third kappa shape index (κ3) is 4.32. The summed E-state index contributed by atoms with van der Waals surface area (Å²) >= 11 is 0. The molecule has 2 unspecified atom stereocenters. The van der Waals surface area contributed by atoms with E-state index in [1.54, 1.807) is 0 Å². The van der Waals surface area contributed by atoms with E-state index < -0.39 is 6.23 Å². The molecule has 1 aliphatic carbocycles. The number of aliphatic hydroxyl groups is 1. The first kappa shape index (κ1) is 23.8. The molecule has 7 nitrogen and oxygen atoms in total. The van der Waals surface area contributed by atoms with Crippen molar-refractivity contribution < 1.29 is 5.11 Å². The SMILES string of the molecule is CCn1nc(-c2cc(C)c(-c3ccc(C4CC4)nc3)cc2C)nc1Nc1cc2c(cc1C)C(O)NC2C. The zero-order valence-corrected chi connectivity index (χ0v) is 22.1. The second kappa shape index (κ2) is 9.08. The molecule has 1 fully saturated rings. The first-order valence-corrected chi connectivity index (χ1v) is 13.2. The van der Waals surface area contributed by atoms with Gasteiger partial charge in [-0.25, -0.2) is 4.68 Å². The number of nitrogens with zero attached hydrogens (tertiary/aromatic N) is 4. The Morgan fingerprint density at radius 1 is 1.00 bits per heavy atom. The molecule has 37 heavy (non-hydrogen) atoms. The van der Waals surface area contributed by atoms with E-state index in [0.29, 0.717) is 24.2 Å². The average Bonchev–Trinajstić information content (AvgIpc) is 3.60. The van der Waals surface area contributed by atoms with Crippen LogP contribution < -0.4 is 10.6 Å². The van der Waals surface area contributed by atoms with Crippen LogP contribution in [0.25, 0.3) is 22.5 Å². The van der Waals surface area contributed by atoms with Crippen LogP contribution in [0.1, 0.15) is 78.4 Å². The minimum Gasteiger partial charge on any atom is -0.374 e. The van der Waals surface area contributed by atoms with E-state index in [4.69, 9.17) is 15.1 Å². The minimum atomic E-state index is -0.621. The van der Waals surface area contributed by atoms with Crippen molar-refractivity contribution >= 4 is 11.6 Å². The number of hydrogen-bond donors (Lipinski definition) is 3. The summed E-state index contributed by atoms with van der Waals surface area (Å²) in [4.78, 5) is 9.64. The zero-order valence-electron chi connectivity index (χ0n) is 22.1. The lowest BCUT2D eigenvalue weighted by Crippen LogP contribution is -2.14. The predicted octanol–water partition coefficient (Wildman–Crippen LogP) is 6.23. The van der Waals surface area contributed by atoms with Crippen LogP contribution in [0, 0.1) is 20.8 Å². The van der Waals surface area contributed by atoms with Crippen molar-refractivity contribution in [3.8, 4) is 22.5 Å². The van der Waals surface area contributed by atoms with Gasteiger partial charge in [0.25, 0.3) is 0 Å². The van der Waals surface area contributed by atoms with Gasteiger partial charge in [0.1, 0.15) is 6.23 Å². The van der Waals surface area contributed by atoms with Gasteiger partial charge in [0.15, 0.2) is 5.82 Å². The molecule has 1 saturated carbocycles. The van der Waals surface area contributed by atoms with E-state index >= 15 is 0 Å². The molecule has 0 amide bonds. The summed E-state index contributed by atoms with van der Waals surface area (Å²) in [6, 6.07) is 13.0. The van der Waals surface area contributed by atoms with Gasteiger partial charge in [0, 0.05) is 52.8 Å². The normalized spacial score (nSPS) is 18.8. The number of aliphatic hydroxyl groups excluding tert-OH is 1. The van der Waals surface area contributed by atoms with Gasteiger partial charge in [-0.2, -0.15) is 4.98 Å². The second-order valence-electron chi connectivity index (χ2n) is 10.5. The van der Waals surface area contributed by atoms with Gasteiger partial charge in [-0.3, -0.25) is 10.3 Å². The number of hydrogen-bond acceptors (Lipinski definition) is 6. The molecule has 1 aliphatic heterocycles. The van der Waals surface area contributed by atoms with Crippen molar-refractivity contribution in [1.29, 1.82) is 0 Å². The van der Waals surface area contributed by atoms with Crippen molar-refractivity contribution in [3.05, 3.63) is 76.1 Å². The monoisotopic (exact) mass is 494 g/mol. The zero-order chi connectivity index (χ0) is 25.8. The quantitative estimate of drug-likeness (QED) is 0.295. The fraction of sp³-hybridized carbons (Fsp3) is 0.367. The number of anilines is 2. The smallest absolute Gasteiger partial charge is 0.226 e. The third-order valence-corrected chi connectivity index (χ3v) is 7.72. The van der Waals surface area contributed by atoms with Crippen LogP contribution >= 0.6 is 0 Å². The molecule has 0 spiro atoms. The van der Waals surface area contributed by atoms with Crippen LogP contribution in [0.5, 0.6) is 0 Å². The van der Waals surface area contributed by atoms with E-state index in [0.717, 1.165) is 39.1 Å². The van der Waals surface area contributed by atoms with Crippen molar-refractivity contribution in [3.63, 3.8) is 0 Å². The van der Waals surface area contributed by atoms with Crippen LogP contribution in [-0.2, 0) is 6.54 Å². The molecule has 0 bridgehead atoms. The standard InChI is InChI=1S/C30H34N6O/c1-6-36-30(33-27-14-24-19(5)32-29(37)25(24)13-18(27)4)34-28(35-36)23-12-16(2)22(11-17(23)3)21-9-10-26(31-15-21)20-7-8-20/h9-15,19-20,29,32,37H,6-8H2,1-5H3,(H,33,34,35). The maximum Gasteiger partial charge on any atom is 0.226 e. The molecule has 2 aliphatic rings. The van der Waals surface area contributed by atoms with Gasteiger partial charge in [0.05, 0.1) is 0 Å². The number of rotatable bonds is 6. The van der Waals surface area contributed by atoms with E-state index in [2.05, 4.69) is 68.7 Å². The summed E-state index contributed by atoms with van der Waals surface area (Å²) in [7, 11) is 0. The highest BCUT2D eigenvalue weighted by molar-refractivity contribution is 5.74. The Bertz CT molecular complexity index is 1490. The fourth-order valence-corrected chi connectivity index (χ4v) is 5.35. The molecule has 2 atom stereocenters. The number of fused-ring (bicyclic) bond motifs is 1. The highest BCUT2D eigenvalue weighted by Crippen LogP contribution is 2.40. The summed E-state index contributed by atoms with van der Waals surface area (Å²) in [6.45, 7) is 11.1. The molecule has 0 radical (unpaired) electrons. The van der Waals surface area contributed by atoms with Gasteiger partial charge in [-0.05, 0) is 99.5 Å². The Labute approximate surface area is 218 Å². The molecule has 6 rings (SSSR count). The summed E-state index contributed by atoms with van der Waals surface area (Å²) < 4.78 is 1.90. The Morgan fingerprint density at radius 3 is 2.46 bits per heavy atom. The van der Waals surface area contributed by atoms with Gasteiger partial charge in [0.2, 0.25) is 5.95 Å². The third-order valence-electron chi connectivity index (χ3n) is 7.72. The Morgan fingerprint density at radius 2 is 1.76 bits per heavy atom. The number of benzene rings is 2. The maximum absolute atomic E-state index is 10.3. The Hall–Kier alpha value is -3.55. The topological polar surface area (TPSA) is 87.9 Å². The molecule has 2 aromatic carbocycles. The number of nitrogens with one attached hydrogen (secondary N) is 2. The lowest BCUT2D eigenvalue weighted by Gasteiger charge is -2.13. The van der Waals surface area contributed by atoms with Crippen molar-refractivity contribution in [1.82, 2.24) is 25.1 Å². The molecule has 2 aromatic heterocycles. The summed E-state index contributed by atoms with van der Waals surface area (Å²) in [6.07, 6.45) is 3.91. The first-order valence-electron chi connectivity index (χ1n) is 13.2. The largest absolute Gasteiger partial charge is 0.374 e. The van der Waals surface area contributed by atoms with Crippen LogP contribution in [-0.4, -0.2) is 24.9 Å². The van der Waals surface area contributed by atoms with Crippen molar-refractivity contribution in [2.45, 2.75) is 72.2 Å². The summed E-state index contributed by atoms with van der Waals surface area (Å²) in [5, 5.41) is 21.8. The molecule has 7 heteroatoms. The highest BCUT2D eigenvalue weighted by Gasteiger charge is 2.27. The molecule has 3 heterocycles. The van der Waals surface area contributed by atoms with Gasteiger partial charge in [-0.15, -0.1) is 5.10 Å². The summed E-state index contributed by atoms with van der Waals surface area (Å²) in [5.74, 6) is 2.08. The van der Waals surface area contributed by atoms with Gasteiger partial charge in [-0.1, -0.05) is 12.1 Å². The Kier molecular flexibility index (Phi) is 5.85. The van der Waals surface area contributed by atoms with E-state index in [9.17, 15) is 5.11 Å². The average molecular weight is 495 g/mol. The second-order valence-corrected chi connectivity index (χ2v) is 10.5. The lowest BCUT2D eigenvalue weighted by molar-refractivity contribution is 0.143. The highest BCUT2D eigenvalue weighted by atomic mass is 16.3. The number of pyridine rings is 1. The molecular formula is C30H34N6O. The van der Waals surface area contributed by atoms with E-state index in [-0.39, 0.29) is 6.04 Å². The van der Waals surface area contributed by atoms with Crippen molar-refractivity contribution in [2.75, 3.05) is 5.32 Å². The Balaban J connectivity index is 1.31. The van der Waals surface area contributed by atoms with Crippen LogP contribution in [0.15, 0.2) is 42.6 Å². The number of aromatic nitrogens is 4. The van der Waals surface area contributed by atoms with E-state index in [1.165, 1.54) is 29.7 Å². The molecule has 4 aromatic rings. The first-order chi connectivity index (χ1) is 17.8. The van der Waals surface area contributed by atoms with Crippen LogP contribution in [0.2, 0.25) is 0 Å². The van der Waals surface area contributed by atoms with E-state index in [1.807, 2.05) is 23.9 Å². The van der Waals surface area contributed by atoms with Gasteiger partial charge >= 0.3 is 0 Å². The van der Waals surface area contributed by atoms with Gasteiger partial charge < -0.3 is 10.4 Å². The molecule has 3 N–H and O–H groups in total. The maximum atomic E-state index is 10.3. The molecular weight excluding hydrogens is 460 g/mol. The van der Waals surface area contributed by atoms with Crippen LogP contribution in [0.4, 0.5) is 11.6 Å². The van der Waals surface area contributed by atoms with Crippen molar-refractivity contribution in [2.24, 2.45) is 0 Å². The van der Waals surface area contributed by atoms with Crippen LogP contribution in [0.3, 0.4) is 0 Å². The number of aryl methyl sites for hydroxylation is 4. The summed E-state index contributed by atoms with van der Waals surface area (Å²) in [5.41, 5.74) is 11.0. The predicted molar refractivity (Wildman–Crippen MR) is 147 cm³/mol.